The normalized spacial score (nSPS) is 19.5. The van der Waals surface area contributed by atoms with Crippen molar-refractivity contribution in [2.24, 2.45) is 0 Å². The van der Waals surface area contributed by atoms with Crippen molar-refractivity contribution < 1.29 is 18.9 Å². The molecular formula is C12H20BNO4Si. The maximum Gasteiger partial charge on any atom is 0.628 e. The van der Waals surface area contributed by atoms with E-state index in [0.717, 1.165) is 0 Å². The second kappa shape index (κ2) is 6.72. The van der Waals surface area contributed by atoms with Crippen molar-refractivity contribution >= 4 is 27.1 Å². The van der Waals surface area contributed by atoms with Crippen molar-refractivity contribution in [1.82, 2.24) is 4.90 Å². The van der Waals surface area contributed by atoms with E-state index in [2.05, 4.69) is 25.3 Å². The largest absolute Gasteiger partial charge is 0.628 e. The van der Waals surface area contributed by atoms with E-state index in [1.54, 1.807) is 24.0 Å². The van der Waals surface area contributed by atoms with Crippen LogP contribution < -0.4 is 0 Å². The average Bonchev–Trinajstić information content (AvgIpc) is 2.20. The molecular weight excluding hydrogens is 261 g/mol. The Kier molecular flexibility index (Phi) is 5.56. The SMILES string of the molecule is CN1CC(=O)OB(/C=C/C=C/[Si](C)(C)C)OC(=O)C1. The van der Waals surface area contributed by atoms with E-state index >= 15 is 0 Å². The third-order valence-electron chi connectivity index (χ3n) is 2.27. The van der Waals surface area contributed by atoms with E-state index in [9.17, 15) is 9.59 Å². The van der Waals surface area contributed by atoms with Gasteiger partial charge in [-0.3, -0.25) is 14.5 Å². The molecule has 0 bridgehead atoms. The standard InChI is InChI=1S/C12H20BNO4Si/c1-14-9-11(15)17-13(18-12(16)10-14)7-5-6-8-19(2,3)4/h5-8H,9-10H2,1-4H3/b7-5+,8-6+. The van der Waals surface area contributed by atoms with Crippen molar-refractivity contribution in [3.05, 3.63) is 23.8 Å². The maximum absolute atomic E-state index is 11.5. The van der Waals surface area contributed by atoms with Crippen LogP contribution in [0.3, 0.4) is 0 Å². The predicted molar refractivity (Wildman–Crippen MR) is 77.1 cm³/mol. The lowest BCUT2D eigenvalue weighted by Crippen LogP contribution is -2.41. The summed E-state index contributed by atoms with van der Waals surface area (Å²) in [5, 5.41) is 0. The molecule has 0 saturated carbocycles. The second-order valence-corrected chi connectivity index (χ2v) is 10.7. The van der Waals surface area contributed by atoms with Crippen LogP contribution >= 0.6 is 0 Å². The molecule has 1 aliphatic heterocycles. The molecule has 0 atom stereocenters. The number of rotatable bonds is 3. The number of allylic oxidation sites excluding steroid dienone is 2. The Hall–Kier alpha value is -1.34. The van der Waals surface area contributed by atoms with Gasteiger partial charge >= 0.3 is 19.1 Å². The molecule has 1 fully saturated rings. The molecule has 1 heterocycles. The van der Waals surface area contributed by atoms with Crippen molar-refractivity contribution in [2.45, 2.75) is 19.6 Å². The first-order valence-corrected chi connectivity index (χ1v) is 9.77. The zero-order valence-electron chi connectivity index (χ0n) is 11.9. The number of carbonyl (C=O) groups is 2. The maximum atomic E-state index is 11.5. The molecule has 1 rings (SSSR count). The van der Waals surface area contributed by atoms with Gasteiger partial charge in [0, 0.05) is 0 Å². The molecule has 104 valence electrons. The molecule has 0 radical (unpaired) electrons. The van der Waals surface area contributed by atoms with Crippen LogP contribution in [-0.2, 0) is 18.9 Å². The highest BCUT2D eigenvalue weighted by Gasteiger charge is 2.28. The minimum Gasteiger partial charge on any atom is -0.495 e. The van der Waals surface area contributed by atoms with Crippen molar-refractivity contribution in [1.29, 1.82) is 0 Å². The first-order valence-electron chi connectivity index (χ1n) is 6.20. The quantitative estimate of drug-likeness (QED) is 0.571. The Bertz CT molecular complexity index is 383. The topological polar surface area (TPSA) is 55.8 Å². The summed E-state index contributed by atoms with van der Waals surface area (Å²) in [4.78, 5) is 24.5. The molecule has 0 amide bonds. The van der Waals surface area contributed by atoms with E-state index in [4.69, 9.17) is 9.31 Å². The molecule has 0 aromatic heterocycles. The molecule has 0 unspecified atom stereocenters. The first kappa shape index (κ1) is 15.7. The van der Waals surface area contributed by atoms with Gasteiger partial charge in [0.1, 0.15) is 0 Å². The Balaban J connectivity index is 2.61. The zero-order valence-corrected chi connectivity index (χ0v) is 12.9. The second-order valence-electron chi connectivity index (χ2n) is 5.63. The molecule has 5 nitrogen and oxygen atoms in total. The Labute approximate surface area is 115 Å². The zero-order chi connectivity index (χ0) is 14.5. The molecule has 1 aliphatic rings. The monoisotopic (exact) mass is 281 g/mol. The van der Waals surface area contributed by atoms with Gasteiger partial charge in [0.05, 0.1) is 21.2 Å². The molecule has 19 heavy (non-hydrogen) atoms. The van der Waals surface area contributed by atoms with Gasteiger partial charge in [-0.05, 0) is 13.0 Å². The van der Waals surface area contributed by atoms with Crippen LogP contribution in [-0.4, -0.2) is 52.2 Å². The lowest BCUT2D eigenvalue weighted by molar-refractivity contribution is -0.145. The highest BCUT2D eigenvalue weighted by molar-refractivity contribution is 6.81. The van der Waals surface area contributed by atoms with Gasteiger partial charge in [-0.15, -0.1) is 0 Å². The van der Waals surface area contributed by atoms with Crippen LogP contribution in [0.1, 0.15) is 0 Å². The molecule has 0 aliphatic carbocycles. The molecule has 7 heteroatoms. The van der Waals surface area contributed by atoms with Gasteiger partial charge in [0.25, 0.3) is 0 Å². The lowest BCUT2D eigenvalue weighted by Gasteiger charge is -2.21. The Morgan fingerprint density at radius 3 is 2.11 bits per heavy atom. The average molecular weight is 281 g/mol. The summed E-state index contributed by atoms with van der Waals surface area (Å²) in [6.45, 7) is 6.81. The van der Waals surface area contributed by atoms with E-state index in [1.165, 1.54) is 0 Å². The van der Waals surface area contributed by atoms with E-state index < -0.39 is 27.1 Å². The third-order valence-corrected chi connectivity index (χ3v) is 3.46. The van der Waals surface area contributed by atoms with Gasteiger partial charge in [-0.2, -0.15) is 0 Å². The number of likely N-dealkylation sites (N-methyl/N-ethyl adjacent to an activating group) is 1. The van der Waals surface area contributed by atoms with Crippen LogP contribution in [0.2, 0.25) is 19.6 Å². The molecule has 0 N–H and O–H groups in total. The Morgan fingerprint density at radius 2 is 1.63 bits per heavy atom. The lowest BCUT2D eigenvalue weighted by atomic mass is 9.89. The summed E-state index contributed by atoms with van der Waals surface area (Å²) in [5.41, 5.74) is 2.14. The van der Waals surface area contributed by atoms with Gasteiger partial charge in [0.2, 0.25) is 0 Å². The van der Waals surface area contributed by atoms with Crippen molar-refractivity contribution in [3.63, 3.8) is 0 Å². The van der Waals surface area contributed by atoms with Crippen LogP contribution in [0.4, 0.5) is 0 Å². The number of carbonyl (C=O) groups excluding carboxylic acids is 2. The summed E-state index contributed by atoms with van der Waals surface area (Å²) in [5.74, 6) is 0.759. The smallest absolute Gasteiger partial charge is 0.495 e. The van der Waals surface area contributed by atoms with Gasteiger partial charge < -0.3 is 9.31 Å². The fourth-order valence-electron chi connectivity index (χ4n) is 1.43. The first-order chi connectivity index (χ1) is 8.76. The minimum atomic E-state index is -1.25. The Morgan fingerprint density at radius 1 is 1.11 bits per heavy atom. The predicted octanol–water partition coefficient (Wildman–Crippen LogP) is 1.04. The molecule has 0 spiro atoms. The van der Waals surface area contributed by atoms with Crippen molar-refractivity contribution in [2.75, 3.05) is 20.1 Å². The highest BCUT2D eigenvalue weighted by atomic mass is 28.3. The summed E-state index contributed by atoms with van der Waals surface area (Å²) in [6, 6.07) is 0. The molecule has 0 aromatic carbocycles. The van der Waals surface area contributed by atoms with E-state index in [-0.39, 0.29) is 13.1 Å². The van der Waals surface area contributed by atoms with Crippen LogP contribution in [0.25, 0.3) is 0 Å². The highest BCUT2D eigenvalue weighted by Crippen LogP contribution is 2.04. The van der Waals surface area contributed by atoms with E-state index in [0.29, 0.717) is 0 Å². The van der Waals surface area contributed by atoms with Gasteiger partial charge in [-0.1, -0.05) is 37.5 Å². The minimum absolute atomic E-state index is 0.0875. The van der Waals surface area contributed by atoms with E-state index in [1.807, 2.05) is 6.08 Å². The summed E-state index contributed by atoms with van der Waals surface area (Å²) >= 11 is 0. The van der Waals surface area contributed by atoms with Gasteiger partial charge in [0.15, 0.2) is 0 Å². The number of hydrogen-bond donors (Lipinski definition) is 0. The fourth-order valence-corrected chi connectivity index (χ4v) is 2.12. The molecule has 0 aromatic rings. The number of hydrogen-bond acceptors (Lipinski definition) is 5. The molecule has 1 saturated heterocycles. The summed E-state index contributed by atoms with van der Waals surface area (Å²) in [7, 11) is -0.521. The van der Waals surface area contributed by atoms with Crippen LogP contribution in [0, 0.1) is 0 Å². The third kappa shape index (κ3) is 6.97. The number of nitrogens with zero attached hydrogens (tertiary/aromatic N) is 1. The fraction of sp³-hybridized carbons (Fsp3) is 0.500. The van der Waals surface area contributed by atoms with Crippen LogP contribution in [0.5, 0.6) is 0 Å². The van der Waals surface area contributed by atoms with Gasteiger partial charge in [-0.25, -0.2) is 0 Å². The van der Waals surface area contributed by atoms with Crippen LogP contribution in [0.15, 0.2) is 23.8 Å². The van der Waals surface area contributed by atoms with Crippen molar-refractivity contribution in [3.8, 4) is 0 Å². The summed E-state index contributed by atoms with van der Waals surface area (Å²) < 4.78 is 10.1. The summed E-state index contributed by atoms with van der Waals surface area (Å²) in [6.07, 6.45) is 3.65.